The maximum Gasteiger partial charge on any atom is 0.237 e. The van der Waals surface area contributed by atoms with E-state index in [-0.39, 0.29) is 17.9 Å². The Morgan fingerprint density at radius 3 is 2.41 bits per heavy atom. The number of carbonyl (C=O) groups excluding carboxylic acids is 2. The number of piperazine rings is 1. The van der Waals surface area contributed by atoms with E-state index in [1.807, 2.05) is 59.2 Å². The molecule has 1 atom stereocenters. The Morgan fingerprint density at radius 2 is 1.71 bits per heavy atom. The number of rotatable bonds is 7. The first-order valence-corrected chi connectivity index (χ1v) is 12.1. The summed E-state index contributed by atoms with van der Waals surface area (Å²) in [6.07, 6.45) is 2.32. The van der Waals surface area contributed by atoms with Gasteiger partial charge in [-0.2, -0.15) is 0 Å². The first kappa shape index (κ1) is 24.1. The molecule has 0 N–H and O–H groups in total. The van der Waals surface area contributed by atoms with E-state index in [4.69, 9.17) is 9.47 Å². The molecule has 4 rings (SSSR count). The lowest BCUT2D eigenvalue weighted by Gasteiger charge is -2.36. The van der Waals surface area contributed by atoms with E-state index in [2.05, 4.69) is 4.90 Å². The summed E-state index contributed by atoms with van der Waals surface area (Å²) in [7, 11) is 3.31. The molecule has 2 aromatic carbocycles. The second kappa shape index (κ2) is 10.9. The third-order valence-corrected chi connectivity index (χ3v) is 7.06. The Hall–Kier alpha value is -3.06. The van der Waals surface area contributed by atoms with Crippen LogP contribution in [0.5, 0.6) is 11.5 Å². The zero-order valence-electron chi connectivity index (χ0n) is 20.5. The molecule has 7 heteroatoms. The van der Waals surface area contributed by atoms with E-state index in [1.54, 1.807) is 14.2 Å². The molecule has 2 fully saturated rings. The normalized spacial score (nSPS) is 18.7. The number of methoxy groups -OCH3 is 2. The van der Waals surface area contributed by atoms with Crippen LogP contribution in [0.25, 0.3) is 0 Å². The van der Waals surface area contributed by atoms with Gasteiger partial charge < -0.3 is 19.3 Å². The van der Waals surface area contributed by atoms with Crippen LogP contribution in [0, 0.1) is 6.92 Å². The number of ether oxygens (including phenoxy) is 2. The fraction of sp³-hybridized carbons (Fsp3) is 0.481. The van der Waals surface area contributed by atoms with E-state index >= 15 is 0 Å². The second-order valence-corrected chi connectivity index (χ2v) is 9.11. The van der Waals surface area contributed by atoms with Crippen LogP contribution in [0.1, 0.15) is 35.6 Å². The Bertz CT molecular complexity index is 1020. The molecule has 2 amide bonds. The third-order valence-electron chi connectivity index (χ3n) is 7.06. The topological polar surface area (TPSA) is 62.3 Å². The van der Waals surface area contributed by atoms with Gasteiger partial charge in [0.15, 0.2) is 0 Å². The van der Waals surface area contributed by atoms with Gasteiger partial charge in [0.2, 0.25) is 11.8 Å². The molecule has 7 nitrogen and oxygen atoms in total. The Labute approximate surface area is 202 Å². The molecular weight excluding hydrogens is 430 g/mol. The number of carbonyl (C=O) groups is 2. The Balaban J connectivity index is 1.33. The van der Waals surface area contributed by atoms with Crippen LogP contribution < -0.4 is 9.47 Å². The average Bonchev–Trinajstić information content (AvgIpc) is 3.35. The molecule has 2 aliphatic rings. The van der Waals surface area contributed by atoms with Crippen LogP contribution >= 0.6 is 0 Å². The van der Waals surface area contributed by atoms with Gasteiger partial charge in [-0.05, 0) is 49.1 Å². The number of benzene rings is 2. The summed E-state index contributed by atoms with van der Waals surface area (Å²) in [4.78, 5) is 32.1. The van der Waals surface area contributed by atoms with Crippen molar-refractivity contribution in [1.29, 1.82) is 0 Å². The van der Waals surface area contributed by atoms with Crippen molar-refractivity contribution in [1.82, 2.24) is 14.7 Å². The molecule has 34 heavy (non-hydrogen) atoms. The minimum Gasteiger partial charge on any atom is -0.497 e. The predicted molar refractivity (Wildman–Crippen MR) is 131 cm³/mol. The highest BCUT2D eigenvalue weighted by atomic mass is 16.5. The minimum atomic E-state index is -0.00507. The van der Waals surface area contributed by atoms with Gasteiger partial charge in [0.25, 0.3) is 0 Å². The van der Waals surface area contributed by atoms with E-state index in [9.17, 15) is 9.59 Å². The lowest BCUT2D eigenvalue weighted by Crippen LogP contribution is -2.51. The summed E-state index contributed by atoms with van der Waals surface area (Å²) in [6, 6.07) is 13.8. The quantitative estimate of drug-likeness (QED) is 0.629. The summed E-state index contributed by atoms with van der Waals surface area (Å²) in [5.41, 5.74) is 3.23. The molecule has 0 saturated carbocycles. The van der Waals surface area contributed by atoms with Gasteiger partial charge in [0, 0.05) is 38.3 Å². The molecule has 0 spiro atoms. The van der Waals surface area contributed by atoms with Crippen LogP contribution in [0.2, 0.25) is 0 Å². The van der Waals surface area contributed by atoms with E-state index in [1.165, 1.54) is 0 Å². The van der Waals surface area contributed by atoms with Gasteiger partial charge in [0.05, 0.1) is 33.2 Å². The van der Waals surface area contributed by atoms with Crippen molar-refractivity contribution < 1.29 is 19.1 Å². The van der Waals surface area contributed by atoms with Gasteiger partial charge in [0.1, 0.15) is 11.5 Å². The molecule has 182 valence electrons. The molecule has 2 aliphatic heterocycles. The molecule has 0 aromatic heterocycles. The van der Waals surface area contributed by atoms with E-state index in [0.29, 0.717) is 39.1 Å². The molecule has 0 radical (unpaired) electrons. The number of hydrogen-bond donors (Lipinski definition) is 0. The SMILES string of the molecule is COc1ccc(OC)c(C2CCCN2C(=O)CN2CCN(C(=O)Cc3ccccc3C)CC2)c1. The molecule has 2 heterocycles. The number of likely N-dealkylation sites (tertiary alicyclic amines) is 1. The number of nitrogens with zero attached hydrogens (tertiary/aromatic N) is 3. The molecule has 0 aliphatic carbocycles. The maximum atomic E-state index is 13.3. The van der Waals surface area contributed by atoms with Crippen molar-refractivity contribution in [3.8, 4) is 11.5 Å². The van der Waals surface area contributed by atoms with Crippen LogP contribution in [0.4, 0.5) is 0 Å². The standard InChI is InChI=1S/C27H35N3O4/c1-20-7-4-5-8-21(20)17-26(31)29-15-13-28(14-16-29)19-27(32)30-12-6-9-24(30)23-18-22(33-2)10-11-25(23)34-3/h4-5,7-8,10-11,18,24H,6,9,12-17,19H2,1-3H3. The Morgan fingerprint density at radius 1 is 0.941 bits per heavy atom. The van der Waals surface area contributed by atoms with Gasteiger partial charge >= 0.3 is 0 Å². The largest absolute Gasteiger partial charge is 0.497 e. The van der Waals surface area contributed by atoms with Crippen LogP contribution in [0.3, 0.4) is 0 Å². The molecular formula is C27H35N3O4. The third kappa shape index (κ3) is 5.36. The van der Waals surface area contributed by atoms with Crippen molar-refractivity contribution in [2.45, 2.75) is 32.2 Å². The number of aryl methyl sites for hydroxylation is 1. The fourth-order valence-electron chi connectivity index (χ4n) is 5.01. The summed E-state index contributed by atoms with van der Waals surface area (Å²) in [5, 5.41) is 0. The summed E-state index contributed by atoms with van der Waals surface area (Å²) >= 11 is 0. The number of hydrogen-bond acceptors (Lipinski definition) is 5. The van der Waals surface area contributed by atoms with Gasteiger partial charge in [-0.1, -0.05) is 24.3 Å². The Kier molecular flexibility index (Phi) is 7.73. The van der Waals surface area contributed by atoms with Crippen molar-refractivity contribution in [3.63, 3.8) is 0 Å². The van der Waals surface area contributed by atoms with Crippen molar-refractivity contribution in [2.24, 2.45) is 0 Å². The number of amides is 2. The summed E-state index contributed by atoms with van der Waals surface area (Å²) in [5.74, 6) is 1.84. The highest BCUT2D eigenvalue weighted by Crippen LogP contribution is 2.39. The highest BCUT2D eigenvalue weighted by Gasteiger charge is 2.33. The van der Waals surface area contributed by atoms with Gasteiger partial charge in [-0.25, -0.2) is 0 Å². The first-order valence-electron chi connectivity index (χ1n) is 12.1. The van der Waals surface area contributed by atoms with Crippen molar-refractivity contribution >= 4 is 11.8 Å². The van der Waals surface area contributed by atoms with E-state index in [0.717, 1.165) is 47.6 Å². The molecule has 2 saturated heterocycles. The first-order chi connectivity index (χ1) is 16.5. The maximum absolute atomic E-state index is 13.3. The van der Waals surface area contributed by atoms with Gasteiger partial charge in [-0.15, -0.1) is 0 Å². The van der Waals surface area contributed by atoms with Gasteiger partial charge in [-0.3, -0.25) is 14.5 Å². The highest BCUT2D eigenvalue weighted by molar-refractivity contribution is 5.80. The van der Waals surface area contributed by atoms with Crippen LogP contribution in [-0.2, 0) is 16.0 Å². The molecule has 0 bridgehead atoms. The zero-order valence-corrected chi connectivity index (χ0v) is 20.5. The lowest BCUT2D eigenvalue weighted by atomic mass is 10.0. The molecule has 2 aromatic rings. The summed E-state index contributed by atoms with van der Waals surface area (Å²) < 4.78 is 11.0. The minimum absolute atomic E-state index is 0.00507. The monoisotopic (exact) mass is 465 g/mol. The average molecular weight is 466 g/mol. The zero-order chi connectivity index (χ0) is 24.1. The smallest absolute Gasteiger partial charge is 0.237 e. The molecule has 1 unspecified atom stereocenters. The van der Waals surface area contributed by atoms with E-state index < -0.39 is 0 Å². The fourth-order valence-corrected chi connectivity index (χ4v) is 5.01. The summed E-state index contributed by atoms with van der Waals surface area (Å²) in [6.45, 7) is 5.91. The van der Waals surface area contributed by atoms with Crippen molar-refractivity contribution in [2.75, 3.05) is 53.5 Å². The lowest BCUT2D eigenvalue weighted by molar-refractivity contribution is -0.135. The van der Waals surface area contributed by atoms with Crippen molar-refractivity contribution in [3.05, 3.63) is 59.2 Å². The predicted octanol–water partition coefficient (Wildman–Crippen LogP) is 3.06. The second-order valence-electron chi connectivity index (χ2n) is 9.11. The van der Waals surface area contributed by atoms with Crippen LogP contribution in [-0.4, -0.2) is 80.0 Å². The van der Waals surface area contributed by atoms with Crippen LogP contribution in [0.15, 0.2) is 42.5 Å².